The van der Waals surface area contributed by atoms with E-state index in [0.29, 0.717) is 25.6 Å². The van der Waals surface area contributed by atoms with Crippen molar-refractivity contribution in [2.45, 2.75) is 82.1 Å². The Morgan fingerprint density at radius 2 is 1.49 bits per heavy atom. The number of carbonyl (C=O) groups excluding carboxylic acids is 2. The van der Waals surface area contributed by atoms with Crippen LogP contribution in [0.4, 0.5) is 0 Å². The van der Waals surface area contributed by atoms with E-state index in [1.165, 1.54) is 37.2 Å². The zero-order valence-corrected chi connectivity index (χ0v) is 36.2. The Morgan fingerprint density at radius 3 is 2.15 bits per heavy atom. The van der Waals surface area contributed by atoms with Gasteiger partial charge in [0, 0.05) is 99.9 Å². The largest absolute Gasteiger partial charge is 0.497 e. The van der Waals surface area contributed by atoms with Gasteiger partial charge in [0.15, 0.2) is 0 Å². The van der Waals surface area contributed by atoms with E-state index in [4.69, 9.17) is 4.74 Å². The van der Waals surface area contributed by atoms with E-state index < -0.39 is 21.5 Å². The molecule has 61 heavy (non-hydrogen) atoms. The molecule has 2 amide bonds. The lowest BCUT2D eigenvalue weighted by Crippen LogP contribution is -2.69. The fourth-order valence-corrected chi connectivity index (χ4v) is 11.8. The van der Waals surface area contributed by atoms with Crippen LogP contribution in [-0.2, 0) is 34.6 Å². The summed E-state index contributed by atoms with van der Waals surface area (Å²) in [5.41, 5.74) is 7.72. The fourth-order valence-electron chi connectivity index (χ4n) is 11.3. The molecule has 2 saturated heterocycles. The number of amides is 2. The summed E-state index contributed by atoms with van der Waals surface area (Å²) < 4.78 is 37.0. The Hall–Kier alpha value is -5.01. The van der Waals surface area contributed by atoms with E-state index in [2.05, 4.69) is 96.8 Å². The third-order valence-electron chi connectivity index (χ3n) is 14.4. The molecular formula is C49H56N6O5S. The molecule has 2 saturated carbocycles. The van der Waals surface area contributed by atoms with E-state index >= 15 is 4.79 Å². The smallest absolute Gasteiger partial charge is 0.303 e. The first-order valence-corrected chi connectivity index (χ1v) is 23.4. The third kappa shape index (κ3) is 7.24. The van der Waals surface area contributed by atoms with Crippen LogP contribution < -0.4 is 9.46 Å². The quantitative estimate of drug-likeness (QED) is 0.162. The molecule has 2 bridgehead atoms. The molecule has 11 nitrogen and oxygen atoms in total. The summed E-state index contributed by atoms with van der Waals surface area (Å²) >= 11 is 0. The highest BCUT2D eigenvalue weighted by molar-refractivity contribution is 7.87. The van der Waals surface area contributed by atoms with Gasteiger partial charge in [-0.3, -0.25) is 19.4 Å². The van der Waals surface area contributed by atoms with E-state index in [0.717, 1.165) is 96.1 Å². The highest BCUT2D eigenvalue weighted by Gasteiger charge is 2.64. The molecule has 5 aromatic rings. The maximum atomic E-state index is 15.7. The molecule has 4 heterocycles. The Balaban J connectivity index is 1.05. The normalized spacial score (nSPS) is 24.1. The van der Waals surface area contributed by atoms with Crippen LogP contribution in [0.3, 0.4) is 0 Å². The number of hydrogen-bond acceptors (Lipinski definition) is 7. The topological polar surface area (TPSA) is 107 Å². The maximum Gasteiger partial charge on any atom is 0.303 e. The lowest BCUT2D eigenvalue weighted by molar-refractivity contribution is -0.146. The van der Waals surface area contributed by atoms with Gasteiger partial charge in [0.05, 0.1) is 18.2 Å². The van der Waals surface area contributed by atoms with Crippen LogP contribution >= 0.6 is 0 Å². The predicted octanol–water partition coefficient (Wildman–Crippen LogP) is 6.99. The SMILES string of the molecule is COc1ccc2c(c1)C1CC1(C(=O)N1CC3CN(Cc4ccccc4)CC(C1)N3Cc1ccccc1)Cn1c-2c(C2CCCCC2)c2ccc(C(=O)NS(=O)(=O)N(C)C)cc21. The standard InChI is InChI=1S/C49H56N6O5S/c1-51(2)61(58,59)50-47(56)36-19-21-41-44(23-36)55-32-49(25-43(49)42-24-39(60-3)20-22-40(42)46(55)45(41)35-17-11-6-12-18-35)48(57)53-30-37-28-52(26-33-13-7-4-8-14-33)29-38(31-53)54(37)27-34-15-9-5-10-16-34/h4-5,7-10,13-16,19-24,35,37-38,43H,6,11-12,17-18,25-32H2,1-3H3,(H,50,56). The van der Waals surface area contributed by atoms with Crippen LogP contribution in [0, 0.1) is 5.41 Å². The van der Waals surface area contributed by atoms with Gasteiger partial charge in [-0.1, -0.05) is 86.0 Å². The monoisotopic (exact) mass is 840 g/mol. The van der Waals surface area contributed by atoms with Gasteiger partial charge in [0.1, 0.15) is 5.75 Å². The first kappa shape index (κ1) is 40.1. The molecule has 1 N–H and O–H groups in total. The number of nitrogens with zero attached hydrogens (tertiary/aromatic N) is 5. The molecule has 0 spiro atoms. The fraction of sp³-hybridized carbons (Fsp3) is 0.429. The summed E-state index contributed by atoms with van der Waals surface area (Å²) in [7, 11) is 0.489. The van der Waals surface area contributed by atoms with Crippen LogP contribution in [0.5, 0.6) is 5.75 Å². The predicted molar refractivity (Wildman–Crippen MR) is 237 cm³/mol. The molecule has 10 rings (SSSR count). The van der Waals surface area contributed by atoms with Crippen molar-refractivity contribution in [1.29, 1.82) is 0 Å². The van der Waals surface area contributed by atoms with Crippen molar-refractivity contribution in [3.05, 3.63) is 125 Å². The van der Waals surface area contributed by atoms with Crippen LogP contribution in [0.15, 0.2) is 97.1 Å². The lowest BCUT2D eigenvalue weighted by Gasteiger charge is -2.54. The average Bonchev–Trinajstić information content (AvgIpc) is 3.93. The molecule has 4 unspecified atom stereocenters. The zero-order chi connectivity index (χ0) is 42.0. The van der Waals surface area contributed by atoms with E-state index in [-0.39, 0.29) is 29.5 Å². The number of rotatable bonds is 10. The van der Waals surface area contributed by atoms with Crippen molar-refractivity contribution in [1.82, 2.24) is 28.3 Å². The van der Waals surface area contributed by atoms with Crippen molar-refractivity contribution < 1.29 is 22.7 Å². The van der Waals surface area contributed by atoms with Crippen LogP contribution in [0.1, 0.15) is 83.0 Å². The highest BCUT2D eigenvalue weighted by atomic mass is 32.2. The van der Waals surface area contributed by atoms with Gasteiger partial charge >= 0.3 is 10.2 Å². The van der Waals surface area contributed by atoms with Crippen molar-refractivity contribution >= 4 is 32.9 Å². The second kappa shape index (κ2) is 15.7. The summed E-state index contributed by atoms with van der Waals surface area (Å²) in [6.07, 6.45) is 6.40. The van der Waals surface area contributed by atoms with Gasteiger partial charge in [-0.05, 0) is 77.8 Å². The molecular weight excluding hydrogens is 785 g/mol. The number of fused-ring (bicyclic) bond motifs is 9. The summed E-state index contributed by atoms with van der Waals surface area (Å²) in [6, 6.07) is 33.7. The van der Waals surface area contributed by atoms with Crippen molar-refractivity contribution in [3.63, 3.8) is 0 Å². The lowest BCUT2D eigenvalue weighted by atomic mass is 9.81. The van der Waals surface area contributed by atoms with Gasteiger partial charge in [0.2, 0.25) is 5.91 Å². The Labute approximate surface area is 359 Å². The van der Waals surface area contributed by atoms with Crippen molar-refractivity contribution in [2.75, 3.05) is 47.4 Å². The molecule has 4 fully saturated rings. The zero-order valence-electron chi connectivity index (χ0n) is 35.4. The Morgan fingerprint density at radius 1 is 0.820 bits per heavy atom. The second-order valence-corrected chi connectivity index (χ2v) is 20.2. The van der Waals surface area contributed by atoms with E-state index in [1.807, 2.05) is 18.2 Å². The van der Waals surface area contributed by atoms with Crippen LogP contribution in [-0.4, -0.2) is 103 Å². The highest BCUT2D eigenvalue weighted by Crippen LogP contribution is 2.66. The second-order valence-electron chi connectivity index (χ2n) is 18.4. The molecule has 2 aliphatic carbocycles. The number of carbonyl (C=O) groups is 2. The summed E-state index contributed by atoms with van der Waals surface area (Å²) in [6.45, 7) is 5.29. The molecule has 5 aliphatic rings. The van der Waals surface area contributed by atoms with Gasteiger partial charge in [-0.25, -0.2) is 4.72 Å². The number of ether oxygens (including phenoxy) is 1. The van der Waals surface area contributed by atoms with Gasteiger partial charge < -0.3 is 14.2 Å². The van der Waals surface area contributed by atoms with Crippen LogP contribution in [0.25, 0.3) is 22.2 Å². The first-order valence-electron chi connectivity index (χ1n) is 22.0. The number of nitrogens with one attached hydrogen (secondary N) is 1. The number of benzene rings is 4. The molecule has 1 aromatic heterocycles. The Kier molecular flexibility index (Phi) is 10.3. The van der Waals surface area contributed by atoms with E-state index in [9.17, 15) is 13.2 Å². The molecule has 0 radical (unpaired) electrons. The third-order valence-corrected chi connectivity index (χ3v) is 15.8. The molecule has 4 atom stereocenters. The minimum absolute atomic E-state index is 0.00717. The summed E-state index contributed by atoms with van der Waals surface area (Å²) in [5, 5.41) is 1.07. The number of aromatic nitrogens is 1. The number of piperazine rings is 2. The molecule has 3 aliphatic heterocycles. The van der Waals surface area contributed by atoms with E-state index in [1.54, 1.807) is 13.2 Å². The van der Waals surface area contributed by atoms with Crippen LogP contribution in [0.2, 0.25) is 0 Å². The summed E-state index contributed by atoms with van der Waals surface area (Å²) in [5.74, 6) is 0.637. The first-order chi connectivity index (χ1) is 29.5. The Bertz CT molecular complexity index is 2570. The summed E-state index contributed by atoms with van der Waals surface area (Å²) in [4.78, 5) is 36.7. The molecule has 318 valence electrons. The van der Waals surface area contributed by atoms with Gasteiger partial charge in [-0.15, -0.1) is 0 Å². The number of hydrogen-bond donors (Lipinski definition) is 1. The minimum atomic E-state index is -4.01. The maximum absolute atomic E-state index is 15.7. The van der Waals surface area contributed by atoms with Gasteiger partial charge in [-0.2, -0.15) is 12.7 Å². The molecule has 12 heteroatoms. The molecule has 4 aromatic carbocycles. The minimum Gasteiger partial charge on any atom is -0.497 e. The van der Waals surface area contributed by atoms with Crippen molar-refractivity contribution in [3.8, 4) is 17.0 Å². The van der Waals surface area contributed by atoms with Crippen molar-refractivity contribution in [2.24, 2.45) is 5.41 Å². The average molecular weight is 841 g/mol. The number of methoxy groups -OCH3 is 1. The van der Waals surface area contributed by atoms with Gasteiger partial charge in [0.25, 0.3) is 5.91 Å².